The number of aryl methyl sites for hydroxylation is 1. The predicted molar refractivity (Wildman–Crippen MR) is 124 cm³/mol. The molecule has 0 radical (unpaired) electrons. The number of amides is 1. The predicted octanol–water partition coefficient (Wildman–Crippen LogP) is 2.86. The average Bonchev–Trinajstić information content (AvgIpc) is 2.82. The van der Waals surface area contributed by atoms with Gasteiger partial charge in [0.05, 0.1) is 25.3 Å². The van der Waals surface area contributed by atoms with Gasteiger partial charge in [-0.1, -0.05) is 36.4 Å². The van der Waals surface area contributed by atoms with E-state index in [2.05, 4.69) is 5.32 Å². The van der Waals surface area contributed by atoms with Gasteiger partial charge >= 0.3 is 0 Å². The fourth-order valence-electron chi connectivity index (χ4n) is 3.82. The molecule has 3 rings (SSSR count). The Morgan fingerprint density at radius 1 is 1.12 bits per heavy atom. The third-order valence-corrected chi connectivity index (χ3v) is 7.49. The minimum atomic E-state index is -3.37. The molecule has 0 spiro atoms. The van der Waals surface area contributed by atoms with Crippen molar-refractivity contribution in [1.82, 2.24) is 9.62 Å². The lowest BCUT2D eigenvalue weighted by molar-refractivity contribution is -0.126. The average molecular weight is 461 g/mol. The first-order chi connectivity index (χ1) is 15.5. The van der Waals surface area contributed by atoms with E-state index in [4.69, 9.17) is 9.47 Å². The number of piperidine rings is 1. The maximum atomic E-state index is 12.8. The molecule has 0 aliphatic carbocycles. The smallest absolute Gasteiger partial charge is 0.224 e. The Kier molecular flexibility index (Phi) is 8.93. The van der Waals surface area contributed by atoms with Crippen molar-refractivity contribution in [2.24, 2.45) is 5.92 Å². The summed E-state index contributed by atoms with van der Waals surface area (Å²) >= 11 is 0. The van der Waals surface area contributed by atoms with Gasteiger partial charge < -0.3 is 14.8 Å². The van der Waals surface area contributed by atoms with Crippen LogP contribution in [0.3, 0.4) is 0 Å². The number of ether oxygens (including phenoxy) is 2. The van der Waals surface area contributed by atoms with E-state index in [1.807, 2.05) is 48.5 Å². The van der Waals surface area contributed by atoms with Crippen LogP contribution < -0.4 is 14.8 Å². The maximum Gasteiger partial charge on any atom is 0.224 e. The highest BCUT2D eigenvalue weighted by atomic mass is 32.2. The molecule has 1 aliphatic heterocycles. The van der Waals surface area contributed by atoms with Crippen LogP contribution >= 0.6 is 0 Å². The molecule has 1 fully saturated rings. The number of hydrogen-bond acceptors (Lipinski definition) is 5. The molecular formula is C24H32N2O5S. The number of nitrogens with zero attached hydrogens (tertiary/aromatic N) is 1. The van der Waals surface area contributed by atoms with Crippen molar-refractivity contribution in [3.05, 3.63) is 60.2 Å². The molecule has 0 aromatic heterocycles. The van der Waals surface area contributed by atoms with E-state index < -0.39 is 10.0 Å². The zero-order valence-electron chi connectivity index (χ0n) is 18.5. The number of methoxy groups -OCH3 is 1. The number of carbonyl (C=O) groups excluding carboxylic acids is 1. The lowest BCUT2D eigenvalue weighted by atomic mass is 9.99. The standard InChI is InChI=1S/C24H32N2O5S/c1-30-22-12-5-13-23(18-22)31-16-14-25-24(27)21-11-6-15-26(19-21)32(28,29)17-7-10-20-8-3-2-4-9-20/h2-5,8-9,12-13,18,21H,6-7,10-11,14-17,19H2,1H3,(H,25,27). The number of carbonyl (C=O) groups is 1. The van der Waals surface area contributed by atoms with Crippen molar-refractivity contribution < 1.29 is 22.7 Å². The first-order valence-electron chi connectivity index (χ1n) is 11.0. The maximum absolute atomic E-state index is 12.8. The van der Waals surface area contributed by atoms with E-state index in [0.29, 0.717) is 50.5 Å². The monoisotopic (exact) mass is 460 g/mol. The first kappa shape index (κ1) is 24.1. The van der Waals surface area contributed by atoms with Crippen molar-refractivity contribution in [2.45, 2.75) is 25.7 Å². The second kappa shape index (κ2) is 11.9. The highest BCUT2D eigenvalue weighted by Crippen LogP contribution is 2.21. The molecule has 1 heterocycles. The zero-order valence-corrected chi connectivity index (χ0v) is 19.4. The third kappa shape index (κ3) is 7.24. The molecule has 1 aliphatic rings. The Hall–Kier alpha value is -2.58. The van der Waals surface area contributed by atoms with Crippen LogP contribution in [0.2, 0.25) is 0 Å². The number of rotatable bonds is 11. The van der Waals surface area contributed by atoms with E-state index in [-0.39, 0.29) is 24.1 Å². The Labute approximate surface area is 190 Å². The highest BCUT2D eigenvalue weighted by Gasteiger charge is 2.31. The van der Waals surface area contributed by atoms with Gasteiger partial charge in [0.25, 0.3) is 0 Å². The summed E-state index contributed by atoms with van der Waals surface area (Å²) in [5.74, 6) is 1.03. The number of benzene rings is 2. The second-order valence-corrected chi connectivity index (χ2v) is 10.0. The quantitative estimate of drug-likeness (QED) is 0.521. The van der Waals surface area contributed by atoms with Crippen molar-refractivity contribution in [3.8, 4) is 11.5 Å². The molecule has 1 unspecified atom stereocenters. The molecule has 1 saturated heterocycles. The Morgan fingerprint density at radius 3 is 2.69 bits per heavy atom. The summed E-state index contributed by atoms with van der Waals surface area (Å²) in [6.07, 6.45) is 2.68. The second-order valence-electron chi connectivity index (χ2n) is 7.92. The van der Waals surface area contributed by atoms with Crippen LogP contribution in [-0.4, -0.2) is 57.7 Å². The molecule has 2 aromatic rings. The summed E-state index contributed by atoms with van der Waals surface area (Å²) in [5.41, 5.74) is 1.13. The van der Waals surface area contributed by atoms with Crippen LogP contribution in [0.5, 0.6) is 11.5 Å². The number of nitrogens with one attached hydrogen (secondary N) is 1. The van der Waals surface area contributed by atoms with Gasteiger partial charge in [-0.05, 0) is 43.4 Å². The molecular weight excluding hydrogens is 428 g/mol. The van der Waals surface area contributed by atoms with Crippen LogP contribution in [-0.2, 0) is 21.2 Å². The van der Waals surface area contributed by atoms with E-state index in [0.717, 1.165) is 12.0 Å². The summed E-state index contributed by atoms with van der Waals surface area (Å²) in [6.45, 7) is 1.41. The van der Waals surface area contributed by atoms with Crippen LogP contribution in [0.1, 0.15) is 24.8 Å². The molecule has 32 heavy (non-hydrogen) atoms. The van der Waals surface area contributed by atoms with E-state index in [9.17, 15) is 13.2 Å². The molecule has 1 amide bonds. The summed E-state index contributed by atoms with van der Waals surface area (Å²) in [4.78, 5) is 12.6. The Morgan fingerprint density at radius 2 is 1.91 bits per heavy atom. The van der Waals surface area contributed by atoms with Gasteiger partial charge in [0.15, 0.2) is 0 Å². The largest absolute Gasteiger partial charge is 0.497 e. The highest BCUT2D eigenvalue weighted by molar-refractivity contribution is 7.89. The molecule has 0 bridgehead atoms. The lowest BCUT2D eigenvalue weighted by Gasteiger charge is -2.31. The normalized spacial score (nSPS) is 17.0. The molecule has 1 N–H and O–H groups in total. The van der Waals surface area contributed by atoms with Gasteiger partial charge in [-0.3, -0.25) is 4.79 Å². The lowest BCUT2D eigenvalue weighted by Crippen LogP contribution is -2.46. The molecule has 0 saturated carbocycles. The van der Waals surface area contributed by atoms with Crippen LogP contribution in [0.25, 0.3) is 0 Å². The fourth-order valence-corrected chi connectivity index (χ4v) is 5.40. The van der Waals surface area contributed by atoms with E-state index in [1.165, 1.54) is 4.31 Å². The summed E-state index contributed by atoms with van der Waals surface area (Å²) in [5, 5.41) is 2.87. The molecule has 8 heteroatoms. The molecule has 174 valence electrons. The van der Waals surface area contributed by atoms with Gasteiger partial charge in [-0.2, -0.15) is 0 Å². The van der Waals surface area contributed by atoms with Gasteiger partial charge in [0.1, 0.15) is 18.1 Å². The first-order valence-corrected chi connectivity index (χ1v) is 12.6. The van der Waals surface area contributed by atoms with Gasteiger partial charge in [-0.15, -0.1) is 0 Å². The van der Waals surface area contributed by atoms with Crippen molar-refractivity contribution in [2.75, 3.05) is 39.1 Å². The van der Waals surface area contributed by atoms with Gasteiger partial charge in [0, 0.05) is 19.2 Å². The van der Waals surface area contributed by atoms with Crippen molar-refractivity contribution in [1.29, 1.82) is 0 Å². The topological polar surface area (TPSA) is 84.9 Å². The third-order valence-electron chi connectivity index (χ3n) is 5.57. The summed E-state index contributed by atoms with van der Waals surface area (Å²) in [7, 11) is -1.78. The number of sulfonamides is 1. The van der Waals surface area contributed by atoms with Crippen LogP contribution in [0.15, 0.2) is 54.6 Å². The van der Waals surface area contributed by atoms with Gasteiger partial charge in [0.2, 0.25) is 15.9 Å². The van der Waals surface area contributed by atoms with Gasteiger partial charge in [-0.25, -0.2) is 12.7 Å². The molecule has 1 atom stereocenters. The Bertz CT molecular complexity index is 965. The fraction of sp³-hybridized carbons (Fsp3) is 0.458. The van der Waals surface area contributed by atoms with E-state index in [1.54, 1.807) is 13.2 Å². The summed E-state index contributed by atoms with van der Waals surface area (Å²) < 4.78 is 37.8. The SMILES string of the molecule is COc1cccc(OCCNC(=O)C2CCCN(S(=O)(=O)CCCc3ccccc3)C2)c1. The zero-order chi connectivity index (χ0) is 22.8. The molecule has 7 nitrogen and oxygen atoms in total. The Balaban J connectivity index is 1.41. The minimum Gasteiger partial charge on any atom is -0.497 e. The van der Waals surface area contributed by atoms with Crippen molar-refractivity contribution in [3.63, 3.8) is 0 Å². The molecule has 2 aromatic carbocycles. The minimum absolute atomic E-state index is 0.102. The van der Waals surface area contributed by atoms with E-state index >= 15 is 0 Å². The van der Waals surface area contributed by atoms with Crippen LogP contribution in [0, 0.1) is 5.92 Å². The van der Waals surface area contributed by atoms with Crippen molar-refractivity contribution >= 4 is 15.9 Å². The summed E-state index contributed by atoms with van der Waals surface area (Å²) in [6, 6.07) is 17.2. The van der Waals surface area contributed by atoms with Crippen LogP contribution in [0.4, 0.5) is 0 Å². The number of hydrogen-bond donors (Lipinski definition) is 1.